The maximum absolute atomic E-state index is 12.2. The molecular weight excluding hydrogens is 312 g/mol. The van der Waals surface area contributed by atoms with Crippen molar-refractivity contribution in [3.8, 4) is 11.5 Å². The molecule has 0 saturated carbocycles. The molecule has 0 aliphatic carbocycles. The van der Waals surface area contributed by atoms with Gasteiger partial charge in [-0.25, -0.2) is 0 Å². The summed E-state index contributed by atoms with van der Waals surface area (Å²) < 4.78 is 10.6. The summed E-state index contributed by atoms with van der Waals surface area (Å²) in [5.74, 6) is 0.815. The molecule has 24 heavy (non-hydrogen) atoms. The molecule has 0 bridgehead atoms. The fraction of sp³-hybridized carbons (Fsp3) is 0.235. The number of non-ortho nitro benzene ring substituents is 1. The van der Waals surface area contributed by atoms with Crippen molar-refractivity contribution < 1.29 is 19.2 Å². The summed E-state index contributed by atoms with van der Waals surface area (Å²) in [6.07, 6.45) is -0.767. The Kier molecular flexibility index (Phi) is 5.36. The lowest BCUT2D eigenvalue weighted by atomic mass is 10.1. The van der Waals surface area contributed by atoms with Gasteiger partial charge in [-0.2, -0.15) is 0 Å². The number of aryl methyl sites for hydroxylation is 1. The van der Waals surface area contributed by atoms with Gasteiger partial charge in [-0.3, -0.25) is 14.9 Å². The number of hydrogen-bond acceptors (Lipinski definition) is 5. The zero-order chi connectivity index (χ0) is 17.7. The molecule has 0 heterocycles. The summed E-state index contributed by atoms with van der Waals surface area (Å²) in [5, 5.41) is 13.5. The first-order valence-electron chi connectivity index (χ1n) is 7.27. The molecule has 1 unspecified atom stereocenters. The zero-order valence-corrected chi connectivity index (χ0v) is 13.6. The van der Waals surface area contributed by atoms with Gasteiger partial charge in [0.15, 0.2) is 6.10 Å². The third kappa shape index (κ3) is 4.22. The lowest BCUT2D eigenvalue weighted by Gasteiger charge is -2.16. The van der Waals surface area contributed by atoms with Crippen LogP contribution in [0.2, 0.25) is 0 Å². The second-order valence-electron chi connectivity index (χ2n) is 5.18. The van der Waals surface area contributed by atoms with Crippen molar-refractivity contribution in [1.82, 2.24) is 0 Å². The summed E-state index contributed by atoms with van der Waals surface area (Å²) in [6.45, 7) is 3.36. The van der Waals surface area contributed by atoms with Gasteiger partial charge in [0.25, 0.3) is 11.6 Å². The average molecular weight is 330 g/mol. The molecule has 0 radical (unpaired) electrons. The van der Waals surface area contributed by atoms with E-state index in [1.165, 1.54) is 12.1 Å². The quantitative estimate of drug-likeness (QED) is 0.648. The highest BCUT2D eigenvalue weighted by Gasteiger charge is 2.17. The van der Waals surface area contributed by atoms with E-state index in [1.54, 1.807) is 51.3 Å². The van der Waals surface area contributed by atoms with Crippen LogP contribution in [0.1, 0.15) is 12.5 Å². The van der Waals surface area contributed by atoms with Crippen LogP contribution < -0.4 is 14.8 Å². The monoisotopic (exact) mass is 330 g/mol. The van der Waals surface area contributed by atoms with E-state index in [9.17, 15) is 14.9 Å². The van der Waals surface area contributed by atoms with Crippen molar-refractivity contribution in [2.45, 2.75) is 20.0 Å². The molecule has 0 spiro atoms. The standard InChI is InChI=1S/C17H18N2O5/c1-11-4-5-13(19(21)22)10-16(11)18-17(20)12(2)24-15-8-6-14(23-3)7-9-15/h4-10,12H,1-3H3,(H,18,20). The summed E-state index contributed by atoms with van der Waals surface area (Å²) >= 11 is 0. The molecule has 126 valence electrons. The van der Waals surface area contributed by atoms with E-state index in [-0.39, 0.29) is 5.69 Å². The maximum Gasteiger partial charge on any atom is 0.271 e. The van der Waals surface area contributed by atoms with Gasteiger partial charge < -0.3 is 14.8 Å². The summed E-state index contributed by atoms with van der Waals surface area (Å²) in [7, 11) is 1.56. The fourth-order valence-corrected chi connectivity index (χ4v) is 2.00. The highest BCUT2D eigenvalue weighted by Crippen LogP contribution is 2.23. The molecule has 0 aromatic heterocycles. The number of hydrogen-bond donors (Lipinski definition) is 1. The van der Waals surface area contributed by atoms with E-state index >= 15 is 0 Å². The minimum Gasteiger partial charge on any atom is -0.497 e. The Labute approximate surface area is 139 Å². The van der Waals surface area contributed by atoms with Gasteiger partial charge in [-0.05, 0) is 43.7 Å². The third-order valence-electron chi connectivity index (χ3n) is 3.43. The Bertz CT molecular complexity index is 743. The highest BCUT2D eigenvalue weighted by molar-refractivity contribution is 5.95. The van der Waals surface area contributed by atoms with Crippen molar-refractivity contribution in [3.05, 3.63) is 58.1 Å². The second kappa shape index (κ2) is 7.45. The number of rotatable bonds is 6. The zero-order valence-electron chi connectivity index (χ0n) is 13.6. The Hall–Kier alpha value is -3.09. The Balaban J connectivity index is 2.05. The van der Waals surface area contributed by atoms with Crippen LogP contribution in [0.5, 0.6) is 11.5 Å². The van der Waals surface area contributed by atoms with Crippen molar-refractivity contribution in [2.75, 3.05) is 12.4 Å². The molecule has 1 amide bonds. The van der Waals surface area contributed by atoms with E-state index in [1.807, 2.05) is 0 Å². The minimum absolute atomic E-state index is 0.0837. The van der Waals surface area contributed by atoms with Crippen molar-refractivity contribution in [3.63, 3.8) is 0 Å². The van der Waals surface area contributed by atoms with Gasteiger partial charge in [0.05, 0.1) is 17.7 Å². The summed E-state index contributed by atoms with van der Waals surface area (Å²) in [6, 6.07) is 11.1. The average Bonchev–Trinajstić information content (AvgIpc) is 2.57. The van der Waals surface area contributed by atoms with Gasteiger partial charge in [-0.15, -0.1) is 0 Å². The molecule has 2 aromatic rings. The van der Waals surface area contributed by atoms with Gasteiger partial charge in [-0.1, -0.05) is 6.07 Å². The number of nitro benzene ring substituents is 1. The Morgan fingerprint density at radius 1 is 1.17 bits per heavy atom. The molecule has 7 heteroatoms. The topological polar surface area (TPSA) is 90.7 Å². The number of carbonyl (C=O) groups excluding carboxylic acids is 1. The predicted molar refractivity (Wildman–Crippen MR) is 89.5 cm³/mol. The van der Waals surface area contributed by atoms with Crippen molar-refractivity contribution in [1.29, 1.82) is 0 Å². The largest absolute Gasteiger partial charge is 0.497 e. The van der Waals surface area contributed by atoms with Crippen LogP contribution in [0, 0.1) is 17.0 Å². The lowest BCUT2D eigenvalue weighted by molar-refractivity contribution is -0.384. The van der Waals surface area contributed by atoms with Gasteiger partial charge in [0, 0.05) is 12.1 Å². The molecule has 1 N–H and O–H groups in total. The number of amides is 1. The van der Waals surface area contributed by atoms with E-state index < -0.39 is 16.9 Å². The Morgan fingerprint density at radius 3 is 2.38 bits per heavy atom. The molecule has 0 aliphatic rings. The molecule has 0 fully saturated rings. The highest BCUT2D eigenvalue weighted by atomic mass is 16.6. The lowest BCUT2D eigenvalue weighted by Crippen LogP contribution is -2.30. The molecular formula is C17H18N2O5. The third-order valence-corrected chi connectivity index (χ3v) is 3.43. The first-order chi connectivity index (χ1) is 11.4. The number of methoxy groups -OCH3 is 1. The Morgan fingerprint density at radius 2 is 1.79 bits per heavy atom. The van der Waals surface area contributed by atoms with Gasteiger partial charge in [0.1, 0.15) is 11.5 Å². The minimum atomic E-state index is -0.767. The summed E-state index contributed by atoms with van der Waals surface area (Å²) in [4.78, 5) is 22.6. The number of nitro groups is 1. The first kappa shape index (κ1) is 17.3. The van der Waals surface area contributed by atoms with Crippen molar-refractivity contribution in [2.24, 2.45) is 0 Å². The normalized spacial score (nSPS) is 11.5. The van der Waals surface area contributed by atoms with Crippen molar-refractivity contribution >= 4 is 17.3 Å². The smallest absolute Gasteiger partial charge is 0.271 e. The number of nitrogens with one attached hydrogen (secondary N) is 1. The maximum atomic E-state index is 12.2. The van der Waals surface area contributed by atoms with Crippen LogP contribution in [0.15, 0.2) is 42.5 Å². The molecule has 0 aliphatic heterocycles. The molecule has 7 nitrogen and oxygen atoms in total. The molecule has 2 aromatic carbocycles. The SMILES string of the molecule is COc1ccc(OC(C)C(=O)Nc2cc([N+](=O)[O-])ccc2C)cc1. The molecule has 0 saturated heterocycles. The number of benzene rings is 2. The van der Waals surface area contributed by atoms with E-state index in [0.29, 0.717) is 17.2 Å². The fourth-order valence-electron chi connectivity index (χ4n) is 2.00. The van der Waals surface area contributed by atoms with E-state index in [2.05, 4.69) is 5.32 Å². The molecule has 2 rings (SSSR count). The first-order valence-corrected chi connectivity index (χ1v) is 7.27. The number of nitrogens with zero attached hydrogens (tertiary/aromatic N) is 1. The van der Waals surface area contributed by atoms with Crippen LogP contribution in [0.3, 0.4) is 0 Å². The van der Waals surface area contributed by atoms with Crippen LogP contribution in [0.4, 0.5) is 11.4 Å². The predicted octanol–water partition coefficient (Wildman–Crippen LogP) is 3.32. The van der Waals surface area contributed by atoms with E-state index in [0.717, 1.165) is 5.56 Å². The van der Waals surface area contributed by atoms with Crippen LogP contribution in [0.25, 0.3) is 0 Å². The van der Waals surface area contributed by atoms with Gasteiger partial charge in [0.2, 0.25) is 0 Å². The summed E-state index contributed by atoms with van der Waals surface area (Å²) in [5.41, 5.74) is 1.03. The van der Waals surface area contributed by atoms with Gasteiger partial charge >= 0.3 is 0 Å². The number of ether oxygens (including phenoxy) is 2. The number of carbonyl (C=O) groups is 1. The van der Waals surface area contributed by atoms with Crippen LogP contribution >= 0.6 is 0 Å². The second-order valence-corrected chi connectivity index (χ2v) is 5.18. The molecule has 1 atom stereocenters. The number of anilines is 1. The van der Waals surface area contributed by atoms with Crippen LogP contribution in [-0.2, 0) is 4.79 Å². The van der Waals surface area contributed by atoms with Crippen LogP contribution in [-0.4, -0.2) is 24.0 Å². The van der Waals surface area contributed by atoms with E-state index in [4.69, 9.17) is 9.47 Å².